The molecular weight excluding hydrogens is 175 g/mol. The molecule has 0 aliphatic rings. The van der Waals surface area contributed by atoms with E-state index in [0.717, 1.165) is 12.8 Å². The largest absolute Gasteiger partial charge is 0.810 e. The van der Waals surface area contributed by atoms with Crippen LogP contribution in [0.25, 0.3) is 0 Å². The zero-order valence-corrected chi connectivity index (χ0v) is 8.89. The van der Waals surface area contributed by atoms with Crippen molar-refractivity contribution in [3.05, 3.63) is 0 Å². The Balaban J connectivity index is 4.50. The smallest absolute Gasteiger partial charge is 0.00481 e. The van der Waals surface area contributed by atoms with Crippen LogP contribution < -0.4 is 9.79 Å². The predicted octanol–water partition coefficient (Wildman–Crippen LogP) is 1.26. The molecule has 0 saturated heterocycles. The Labute approximate surface area is 74.3 Å². The fraction of sp³-hybridized carbons (Fsp3) is 1.00. The van der Waals surface area contributed by atoms with Gasteiger partial charge in [0.15, 0.2) is 0 Å². The normalized spacial score (nSPS) is 13.4. The first-order chi connectivity index (χ1) is 5.37. The highest BCUT2D eigenvalue weighted by Crippen LogP contribution is 2.48. The lowest BCUT2D eigenvalue weighted by Gasteiger charge is -2.47. The van der Waals surface area contributed by atoms with E-state index < -0.39 is 12.8 Å². The molecule has 0 spiro atoms. The second-order valence-corrected chi connectivity index (χ2v) is 5.57. The molecular formula is C8H17O3P-2. The average Bonchev–Trinajstić information content (AvgIpc) is 1.86. The van der Waals surface area contributed by atoms with Crippen LogP contribution in [0.5, 0.6) is 0 Å². The third kappa shape index (κ3) is 2.89. The molecule has 0 aromatic rings. The van der Waals surface area contributed by atoms with Crippen molar-refractivity contribution in [2.75, 3.05) is 0 Å². The van der Waals surface area contributed by atoms with E-state index in [4.69, 9.17) is 0 Å². The Morgan fingerprint density at radius 2 is 1.50 bits per heavy atom. The lowest BCUT2D eigenvalue weighted by Crippen LogP contribution is -2.36. The van der Waals surface area contributed by atoms with Crippen molar-refractivity contribution >= 4 is 7.60 Å². The van der Waals surface area contributed by atoms with Gasteiger partial charge in [0.05, 0.1) is 0 Å². The second kappa shape index (κ2) is 4.40. The van der Waals surface area contributed by atoms with Gasteiger partial charge in [-0.05, 0) is 18.0 Å². The molecule has 0 fully saturated rings. The molecule has 0 radical (unpaired) electrons. The minimum absolute atomic E-state index is 0.477. The van der Waals surface area contributed by atoms with Crippen LogP contribution in [-0.4, -0.2) is 5.16 Å². The van der Waals surface area contributed by atoms with Crippen LogP contribution in [0, 0.1) is 0 Å². The number of hydrogen-bond acceptors (Lipinski definition) is 3. The lowest BCUT2D eigenvalue weighted by molar-refractivity contribution is -0.321. The van der Waals surface area contributed by atoms with Crippen LogP contribution in [0.15, 0.2) is 0 Å². The van der Waals surface area contributed by atoms with Gasteiger partial charge in [-0.2, -0.15) is 0 Å². The van der Waals surface area contributed by atoms with Crippen LogP contribution in [-0.2, 0) is 4.57 Å². The maximum atomic E-state index is 10.9. The fourth-order valence-electron chi connectivity index (χ4n) is 1.48. The zero-order valence-electron chi connectivity index (χ0n) is 8.00. The first kappa shape index (κ1) is 12.2. The Morgan fingerprint density at radius 1 is 1.17 bits per heavy atom. The molecule has 12 heavy (non-hydrogen) atoms. The van der Waals surface area contributed by atoms with Crippen LogP contribution in [0.3, 0.4) is 0 Å². The van der Waals surface area contributed by atoms with E-state index in [2.05, 4.69) is 0 Å². The highest BCUT2D eigenvalue weighted by molar-refractivity contribution is 7.50. The molecule has 74 valence electrons. The van der Waals surface area contributed by atoms with E-state index in [0.29, 0.717) is 12.8 Å². The Kier molecular flexibility index (Phi) is 4.46. The molecule has 0 aliphatic heterocycles. The lowest BCUT2D eigenvalue weighted by atomic mass is 10.00. The SMILES string of the molecule is CCCC(C)(CCC)P(=O)([O-])[O-]. The predicted molar refractivity (Wildman–Crippen MR) is 45.8 cm³/mol. The topological polar surface area (TPSA) is 63.2 Å². The summed E-state index contributed by atoms with van der Waals surface area (Å²) in [4.78, 5) is 21.8. The summed E-state index contributed by atoms with van der Waals surface area (Å²) in [5, 5.41) is -1.02. The van der Waals surface area contributed by atoms with Crippen molar-refractivity contribution in [1.82, 2.24) is 0 Å². The highest BCUT2D eigenvalue weighted by Gasteiger charge is 2.25. The van der Waals surface area contributed by atoms with Crippen LogP contribution in [0.2, 0.25) is 0 Å². The molecule has 0 aliphatic carbocycles. The Bertz CT molecular complexity index is 167. The van der Waals surface area contributed by atoms with Gasteiger partial charge in [-0.25, -0.2) is 0 Å². The zero-order chi connectivity index (χ0) is 9.83. The molecule has 0 unspecified atom stereocenters. The van der Waals surface area contributed by atoms with E-state index in [1.165, 1.54) is 0 Å². The minimum Gasteiger partial charge on any atom is -0.810 e. The molecule has 0 N–H and O–H groups in total. The highest BCUT2D eigenvalue weighted by atomic mass is 31.2. The quantitative estimate of drug-likeness (QED) is 0.616. The maximum Gasteiger partial charge on any atom is -0.00481 e. The van der Waals surface area contributed by atoms with Gasteiger partial charge < -0.3 is 14.4 Å². The molecule has 0 amide bonds. The maximum absolute atomic E-state index is 10.9. The summed E-state index contributed by atoms with van der Waals surface area (Å²) in [5.41, 5.74) is 0. The molecule has 0 bridgehead atoms. The van der Waals surface area contributed by atoms with Gasteiger partial charge in [-0.1, -0.05) is 41.2 Å². The summed E-state index contributed by atoms with van der Waals surface area (Å²) >= 11 is 0. The third-order valence-corrected chi connectivity index (χ3v) is 4.01. The van der Waals surface area contributed by atoms with E-state index in [1.807, 2.05) is 13.8 Å². The summed E-state index contributed by atoms with van der Waals surface area (Å²) in [6, 6.07) is 0. The van der Waals surface area contributed by atoms with Gasteiger partial charge in [0.25, 0.3) is 0 Å². The van der Waals surface area contributed by atoms with E-state index in [-0.39, 0.29) is 0 Å². The Hall–Kier alpha value is 0.150. The standard InChI is InChI=1S/C8H19O3P/c1-4-6-8(3,7-5-2)12(9,10)11/h4-7H2,1-3H3,(H2,9,10,11)/p-2. The van der Waals surface area contributed by atoms with Crippen LogP contribution >= 0.6 is 7.60 Å². The second-order valence-electron chi connectivity index (χ2n) is 3.49. The molecule has 0 rings (SSSR count). The minimum atomic E-state index is -4.42. The van der Waals surface area contributed by atoms with Gasteiger partial charge >= 0.3 is 0 Å². The molecule has 3 nitrogen and oxygen atoms in total. The Morgan fingerprint density at radius 3 is 1.67 bits per heavy atom. The van der Waals surface area contributed by atoms with Crippen LogP contribution in [0.4, 0.5) is 0 Å². The van der Waals surface area contributed by atoms with Crippen molar-refractivity contribution in [3.63, 3.8) is 0 Å². The summed E-state index contributed by atoms with van der Waals surface area (Å²) in [6.07, 6.45) is 2.44. The van der Waals surface area contributed by atoms with Crippen molar-refractivity contribution < 1.29 is 14.4 Å². The molecule has 0 aromatic carbocycles. The first-order valence-corrected chi connectivity index (χ1v) is 5.94. The molecule has 0 aromatic heterocycles. The molecule has 4 heteroatoms. The summed E-state index contributed by atoms with van der Waals surface area (Å²) < 4.78 is 10.9. The van der Waals surface area contributed by atoms with Gasteiger partial charge in [0.2, 0.25) is 0 Å². The average molecular weight is 192 g/mol. The molecule has 0 heterocycles. The van der Waals surface area contributed by atoms with Crippen molar-refractivity contribution in [2.45, 2.75) is 51.6 Å². The van der Waals surface area contributed by atoms with E-state index in [1.54, 1.807) is 6.92 Å². The molecule has 0 saturated carbocycles. The number of rotatable bonds is 5. The summed E-state index contributed by atoms with van der Waals surface area (Å²) in [6.45, 7) is 5.34. The van der Waals surface area contributed by atoms with Gasteiger partial charge in [0.1, 0.15) is 0 Å². The van der Waals surface area contributed by atoms with Gasteiger partial charge in [0, 0.05) is 0 Å². The van der Waals surface area contributed by atoms with Crippen molar-refractivity contribution in [2.24, 2.45) is 0 Å². The van der Waals surface area contributed by atoms with Crippen molar-refractivity contribution in [1.29, 1.82) is 0 Å². The van der Waals surface area contributed by atoms with E-state index in [9.17, 15) is 14.4 Å². The third-order valence-electron chi connectivity index (χ3n) is 2.24. The fourth-order valence-corrected chi connectivity index (χ4v) is 2.47. The monoisotopic (exact) mass is 192 g/mol. The van der Waals surface area contributed by atoms with Crippen molar-refractivity contribution in [3.8, 4) is 0 Å². The summed E-state index contributed by atoms with van der Waals surface area (Å²) in [5.74, 6) is 0. The van der Waals surface area contributed by atoms with E-state index >= 15 is 0 Å². The number of hydrogen-bond donors (Lipinski definition) is 0. The van der Waals surface area contributed by atoms with Gasteiger partial charge in [-0.3, -0.25) is 0 Å². The van der Waals surface area contributed by atoms with Gasteiger partial charge in [-0.15, -0.1) is 0 Å². The van der Waals surface area contributed by atoms with Crippen LogP contribution in [0.1, 0.15) is 46.5 Å². The molecule has 0 atom stereocenters. The first-order valence-electron chi connectivity index (χ1n) is 4.39. The summed E-state index contributed by atoms with van der Waals surface area (Å²) in [7, 11) is -4.42.